The predicted molar refractivity (Wildman–Crippen MR) is 136 cm³/mol. The van der Waals surface area contributed by atoms with Gasteiger partial charge in [0.2, 0.25) is 0 Å². The molecule has 1 rings (SSSR count). The van der Waals surface area contributed by atoms with Gasteiger partial charge in [-0.2, -0.15) is 0 Å². The molecule has 1 heterocycles. The normalized spacial score (nSPS) is 22.2. The van der Waals surface area contributed by atoms with E-state index in [1.807, 2.05) is 0 Å². The number of ether oxygens (including phenoxy) is 8. The molecular weight excluding hydrogens is 472 g/mol. The minimum absolute atomic E-state index is 0.238. The molecule has 2 atom stereocenters. The molecule has 0 saturated carbocycles. The predicted octanol–water partition coefficient (Wildman–Crippen LogP) is 1.98. The Balaban J connectivity index is 2.54. The van der Waals surface area contributed by atoms with Crippen LogP contribution < -0.4 is 0 Å². The Labute approximate surface area is 217 Å². The molecule has 0 aromatic heterocycles. The number of unbranched alkanes of at least 4 members (excludes halogenated alkanes) is 6. The summed E-state index contributed by atoms with van der Waals surface area (Å²) in [6, 6.07) is 0. The van der Waals surface area contributed by atoms with Gasteiger partial charge in [-0.05, 0) is 25.7 Å². The van der Waals surface area contributed by atoms with Gasteiger partial charge in [-0.3, -0.25) is 0 Å². The second-order valence-electron chi connectivity index (χ2n) is 8.69. The molecule has 0 aromatic carbocycles. The van der Waals surface area contributed by atoms with Crippen molar-refractivity contribution in [1.29, 1.82) is 0 Å². The minimum atomic E-state index is -0.293. The highest BCUT2D eigenvalue weighted by Gasteiger charge is 2.24. The van der Waals surface area contributed by atoms with Gasteiger partial charge in [-0.15, -0.1) is 0 Å². The Hall–Kier alpha value is -0.400. The lowest BCUT2D eigenvalue weighted by Gasteiger charge is -2.28. The van der Waals surface area contributed by atoms with Gasteiger partial charge in [0, 0.05) is 26.4 Å². The number of rotatable bonds is 16. The van der Waals surface area contributed by atoms with Gasteiger partial charge in [0.05, 0.1) is 79.3 Å². The van der Waals surface area contributed by atoms with Crippen molar-refractivity contribution in [1.82, 2.24) is 0 Å². The van der Waals surface area contributed by atoms with E-state index in [0.717, 1.165) is 51.4 Å². The zero-order chi connectivity index (χ0) is 25.8. The van der Waals surface area contributed by atoms with Crippen LogP contribution in [0, 0.1) is 0 Å². The molecule has 0 spiro atoms. The third-order valence-corrected chi connectivity index (χ3v) is 5.61. The fourth-order valence-corrected chi connectivity index (χ4v) is 3.54. The minimum Gasteiger partial charge on any atom is -0.396 e. The molecule has 0 amide bonds. The third-order valence-electron chi connectivity index (χ3n) is 5.61. The lowest BCUT2D eigenvalue weighted by Crippen LogP contribution is -2.40. The van der Waals surface area contributed by atoms with E-state index in [-0.39, 0.29) is 25.4 Å². The van der Waals surface area contributed by atoms with Crippen molar-refractivity contribution >= 4 is 0 Å². The molecule has 0 radical (unpaired) electrons. The zero-order valence-corrected chi connectivity index (χ0v) is 22.3. The monoisotopic (exact) mass is 524 g/mol. The maximum Gasteiger partial charge on any atom is 0.109 e. The summed E-state index contributed by atoms with van der Waals surface area (Å²) in [7, 11) is 0. The standard InChI is InChI=1S/C26H52O10/c27-9-5-1-3-7-11-33-23-25-26(24-34-12-8-4-2-6-10-28)36-22-20-32-18-16-30-14-13-29-15-17-31-19-21-35-25/h25-28H,1-24H2/t25-,26-/m1/s1. The topological polar surface area (TPSA) is 114 Å². The first kappa shape index (κ1) is 33.6. The van der Waals surface area contributed by atoms with Crippen LogP contribution in [-0.2, 0) is 37.9 Å². The Kier molecular flexibility index (Phi) is 25.8. The molecule has 0 aliphatic carbocycles. The van der Waals surface area contributed by atoms with Crippen LogP contribution >= 0.6 is 0 Å². The number of hydrogen-bond acceptors (Lipinski definition) is 10. The molecule has 36 heavy (non-hydrogen) atoms. The van der Waals surface area contributed by atoms with E-state index in [1.165, 1.54) is 0 Å². The average molecular weight is 525 g/mol. The van der Waals surface area contributed by atoms with Gasteiger partial charge < -0.3 is 48.1 Å². The first-order valence-electron chi connectivity index (χ1n) is 13.8. The van der Waals surface area contributed by atoms with Gasteiger partial charge in [0.25, 0.3) is 0 Å². The molecule has 216 valence electrons. The van der Waals surface area contributed by atoms with Gasteiger partial charge >= 0.3 is 0 Å². The van der Waals surface area contributed by atoms with Gasteiger partial charge in [-0.1, -0.05) is 25.7 Å². The quantitative estimate of drug-likeness (QED) is 0.291. The third kappa shape index (κ3) is 21.7. The number of aliphatic hydroxyl groups is 2. The summed E-state index contributed by atoms with van der Waals surface area (Å²) in [6.07, 6.45) is 7.04. The maximum atomic E-state index is 8.91. The lowest BCUT2D eigenvalue weighted by atomic mass is 10.2. The van der Waals surface area contributed by atoms with Crippen molar-refractivity contribution in [2.24, 2.45) is 0 Å². The van der Waals surface area contributed by atoms with E-state index in [2.05, 4.69) is 0 Å². The zero-order valence-electron chi connectivity index (χ0n) is 22.3. The highest BCUT2D eigenvalue weighted by Crippen LogP contribution is 2.10. The van der Waals surface area contributed by atoms with E-state index in [1.54, 1.807) is 0 Å². The van der Waals surface area contributed by atoms with Crippen molar-refractivity contribution in [2.75, 3.05) is 106 Å². The molecule has 0 bridgehead atoms. The first-order valence-corrected chi connectivity index (χ1v) is 13.8. The molecule has 1 fully saturated rings. The summed E-state index contributed by atoms with van der Waals surface area (Å²) in [5.41, 5.74) is 0. The maximum absolute atomic E-state index is 8.91. The molecule has 1 aliphatic heterocycles. The van der Waals surface area contributed by atoms with Crippen molar-refractivity contribution in [2.45, 2.75) is 63.6 Å². The van der Waals surface area contributed by atoms with Crippen LogP contribution in [0.2, 0.25) is 0 Å². The van der Waals surface area contributed by atoms with E-state index in [4.69, 9.17) is 48.1 Å². The van der Waals surface area contributed by atoms with Crippen LogP contribution in [0.5, 0.6) is 0 Å². The van der Waals surface area contributed by atoms with Crippen molar-refractivity contribution in [3.05, 3.63) is 0 Å². The summed E-state index contributed by atoms with van der Waals surface area (Å²) >= 11 is 0. The van der Waals surface area contributed by atoms with Gasteiger partial charge in [0.1, 0.15) is 12.2 Å². The molecule has 1 aliphatic rings. The summed E-state index contributed by atoms with van der Waals surface area (Å²) in [5, 5.41) is 17.8. The van der Waals surface area contributed by atoms with Crippen LogP contribution in [0.25, 0.3) is 0 Å². The smallest absolute Gasteiger partial charge is 0.109 e. The molecule has 1 saturated heterocycles. The SMILES string of the molecule is OCCCCCCOC[C@H]1OCCOCCOCCOCCOCCO[C@@H]1COCCCCCCO. The Morgan fingerprint density at radius 2 is 0.778 bits per heavy atom. The Morgan fingerprint density at radius 3 is 1.14 bits per heavy atom. The number of aliphatic hydroxyl groups excluding tert-OH is 2. The first-order chi connectivity index (χ1) is 17.9. The molecule has 10 nitrogen and oxygen atoms in total. The Bertz CT molecular complexity index is 388. The van der Waals surface area contributed by atoms with Crippen LogP contribution in [0.4, 0.5) is 0 Å². The molecule has 2 N–H and O–H groups in total. The van der Waals surface area contributed by atoms with Crippen molar-refractivity contribution < 1.29 is 48.1 Å². The van der Waals surface area contributed by atoms with Crippen LogP contribution in [0.1, 0.15) is 51.4 Å². The summed E-state index contributed by atoms with van der Waals surface area (Å²) in [4.78, 5) is 0. The second kappa shape index (κ2) is 27.6. The molecule has 10 heteroatoms. The lowest BCUT2D eigenvalue weighted by molar-refractivity contribution is -0.140. The van der Waals surface area contributed by atoms with E-state index in [0.29, 0.717) is 92.5 Å². The molecular formula is C26H52O10. The van der Waals surface area contributed by atoms with Crippen molar-refractivity contribution in [3.63, 3.8) is 0 Å². The molecule has 0 aromatic rings. The van der Waals surface area contributed by atoms with E-state index < -0.39 is 0 Å². The fourth-order valence-electron chi connectivity index (χ4n) is 3.54. The molecule has 0 unspecified atom stereocenters. The van der Waals surface area contributed by atoms with Crippen LogP contribution in [-0.4, -0.2) is 128 Å². The largest absolute Gasteiger partial charge is 0.396 e. The highest BCUT2D eigenvalue weighted by atomic mass is 16.6. The van der Waals surface area contributed by atoms with E-state index in [9.17, 15) is 0 Å². The highest BCUT2D eigenvalue weighted by molar-refractivity contribution is 4.71. The summed E-state index contributed by atoms with van der Waals surface area (Å²) in [6.45, 7) is 7.42. The van der Waals surface area contributed by atoms with Crippen LogP contribution in [0.3, 0.4) is 0 Å². The fraction of sp³-hybridized carbons (Fsp3) is 1.00. The Morgan fingerprint density at radius 1 is 0.444 bits per heavy atom. The van der Waals surface area contributed by atoms with Gasteiger partial charge in [-0.25, -0.2) is 0 Å². The number of hydrogen-bond donors (Lipinski definition) is 2. The average Bonchev–Trinajstić information content (AvgIpc) is 2.89. The van der Waals surface area contributed by atoms with Crippen molar-refractivity contribution in [3.8, 4) is 0 Å². The van der Waals surface area contributed by atoms with Crippen LogP contribution in [0.15, 0.2) is 0 Å². The van der Waals surface area contributed by atoms with Gasteiger partial charge in [0.15, 0.2) is 0 Å². The second-order valence-corrected chi connectivity index (χ2v) is 8.69. The summed E-state index contributed by atoms with van der Waals surface area (Å²) in [5.74, 6) is 0. The summed E-state index contributed by atoms with van der Waals surface area (Å²) < 4.78 is 46.4. The van der Waals surface area contributed by atoms with E-state index >= 15 is 0 Å².